The molecule has 0 spiro atoms. The number of nitrogens with zero attached hydrogens (tertiary/aromatic N) is 2. The molecular weight excluding hydrogens is 232 g/mol. The van der Waals surface area contributed by atoms with Gasteiger partial charge >= 0.3 is 0 Å². The molecule has 0 saturated carbocycles. The number of hydrogen-bond donors (Lipinski definition) is 0. The number of Topliss-reactive ketones (excluding diaryl/α,β-unsaturated/α-hetero) is 1. The standard InChI is InChI=1S/C10H7ClN2OS/c1-6(14)8-5-15-10(13-8)9-7(11)3-2-4-12-9/h2-5H,1H3. The van der Waals surface area contributed by atoms with E-state index in [-0.39, 0.29) is 5.78 Å². The van der Waals surface area contributed by atoms with E-state index in [2.05, 4.69) is 9.97 Å². The Labute approximate surface area is 95.8 Å². The van der Waals surface area contributed by atoms with Crippen molar-refractivity contribution in [2.24, 2.45) is 0 Å². The van der Waals surface area contributed by atoms with Gasteiger partial charge in [0.1, 0.15) is 16.4 Å². The van der Waals surface area contributed by atoms with Crippen molar-refractivity contribution in [3.8, 4) is 10.7 Å². The molecule has 0 atom stereocenters. The average molecular weight is 239 g/mol. The number of pyridine rings is 1. The van der Waals surface area contributed by atoms with Crippen molar-refractivity contribution in [1.29, 1.82) is 0 Å². The van der Waals surface area contributed by atoms with Crippen molar-refractivity contribution in [3.63, 3.8) is 0 Å². The monoisotopic (exact) mass is 238 g/mol. The maximum Gasteiger partial charge on any atom is 0.178 e. The minimum absolute atomic E-state index is 0.0513. The molecule has 76 valence electrons. The van der Waals surface area contributed by atoms with E-state index in [1.54, 1.807) is 23.7 Å². The predicted octanol–water partition coefficient (Wildman–Crippen LogP) is 3.06. The topological polar surface area (TPSA) is 42.9 Å². The van der Waals surface area contributed by atoms with Crippen molar-refractivity contribution >= 4 is 28.7 Å². The number of thiazole rings is 1. The number of halogens is 1. The van der Waals surface area contributed by atoms with E-state index in [1.165, 1.54) is 18.3 Å². The number of carbonyl (C=O) groups excluding carboxylic acids is 1. The van der Waals surface area contributed by atoms with E-state index in [1.807, 2.05) is 0 Å². The molecule has 0 bridgehead atoms. The summed E-state index contributed by atoms with van der Waals surface area (Å²) in [6.45, 7) is 1.48. The maximum atomic E-state index is 11.1. The zero-order valence-electron chi connectivity index (χ0n) is 7.90. The highest BCUT2D eigenvalue weighted by atomic mass is 35.5. The van der Waals surface area contributed by atoms with Gasteiger partial charge in [0.25, 0.3) is 0 Å². The third kappa shape index (κ3) is 2.06. The lowest BCUT2D eigenvalue weighted by Crippen LogP contribution is -1.92. The van der Waals surface area contributed by atoms with Gasteiger partial charge in [-0.25, -0.2) is 4.98 Å². The second kappa shape index (κ2) is 4.08. The zero-order valence-corrected chi connectivity index (χ0v) is 9.47. The van der Waals surface area contributed by atoms with Crippen LogP contribution in [0.25, 0.3) is 10.7 Å². The molecule has 2 aromatic rings. The first-order chi connectivity index (χ1) is 7.18. The summed E-state index contributed by atoms with van der Waals surface area (Å²) in [6, 6.07) is 3.50. The Balaban J connectivity index is 2.46. The van der Waals surface area contributed by atoms with Crippen LogP contribution in [0.2, 0.25) is 5.02 Å². The fourth-order valence-corrected chi connectivity index (χ4v) is 2.22. The Morgan fingerprint density at radius 1 is 1.53 bits per heavy atom. The summed E-state index contributed by atoms with van der Waals surface area (Å²) in [5.74, 6) is -0.0513. The molecule has 0 saturated heterocycles. The molecule has 0 aliphatic heterocycles. The minimum atomic E-state index is -0.0513. The molecule has 0 unspecified atom stereocenters. The molecule has 0 fully saturated rings. The van der Waals surface area contributed by atoms with E-state index in [0.717, 1.165) is 0 Å². The van der Waals surface area contributed by atoms with Crippen LogP contribution in [0.5, 0.6) is 0 Å². The normalized spacial score (nSPS) is 10.3. The third-order valence-corrected chi connectivity index (χ3v) is 2.98. The van der Waals surface area contributed by atoms with Crippen LogP contribution in [0.4, 0.5) is 0 Å². The molecule has 0 aliphatic rings. The van der Waals surface area contributed by atoms with Gasteiger partial charge < -0.3 is 0 Å². The van der Waals surface area contributed by atoms with E-state index in [0.29, 0.717) is 21.4 Å². The SMILES string of the molecule is CC(=O)c1csc(-c2ncccc2Cl)n1. The average Bonchev–Trinajstić information content (AvgIpc) is 2.67. The van der Waals surface area contributed by atoms with Gasteiger partial charge in [-0.05, 0) is 12.1 Å². The fourth-order valence-electron chi connectivity index (χ4n) is 1.09. The van der Waals surface area contributed by atoms with Crippen LogP contribution >= 0.6 is 22.9 Å². The molecule has 2 aromatic heterocycles. The van der Waals surface area contributed by atoms with E-state index >= 15 is 0 Å². The Morgan fingerprint density at radius 2 is 2.33 bits per heavy atom. The summed E-state index contributed by atoms with van der Waals surface area (Å²) in [6.07, 6.45) is 1.65. The van der Waals surface area contributed by atoms with E-state index < -0.39 is 0 Å². The van der Waals surface area contributed by atoms with Crippen LogP contribution in [0, 0.1) is 0 Å². The summed E-state index contributed by atoms with van der Waals surface area (Å²) in [5, 5.41) is 2.93. The second-order valence-corrected chi connectivity index (χ2v) is 4.19. The number of ketones is 1. The Hall–Kier alpha value is -1.26. The Morgan fingerprint density at radius 3 is 2.93 bits per heavy atom. The van der Waals surface area contributed by atoms with E-state index in [4.69, 9.17) is 11.6 Å². The van der Waals surface area contributed by atoms with Gasteiger partial charge in [-0.2, -0.15) is 0 Å². The quantitative estimate of drug-likeness (QED) is 0.756. The molecular formula is C10H7ClN2OS. The van der Waals surface area contributed by atoms with Crippen molar-refractivity contribution in [1.82, 2.24) is 9.97 Å². The first-order valence-corrected chi connectivity index (χ1v) is 5.51. The lowest BCUT2D eigenvalue weighted by Gasteiger charge is -1.96. The molecule has 0 radical (unpaired) electrons. The summed E-state index contributed by atoms with van der Waals surface area (Å²) in [5.41, 5.74) is 1.08. The van der Waals surface area contributed by atoms with E-state index in [9.17, 15) is 4.79 Å². The van der Waals surface area contributed by atoms with Gasteiger partial charge in [-0.3, -0.25) is 9.78 Å². The third-order valence-electron chi connectivity index (χ3n) is 1.83. The van der Waals surface area contributed by atoms with Gasteiger partial charge in [0, 0.05) is 18.5 Å². The lowest BCUT2D eigenvalue weighted by molar-refractivity contribution is 0.101. The van der Waals surface area contributed by atoms with Crippen LogP contribution in [-0.2, 0) is 0 Å². The van der Waals surface area contributed by atoms with Crippen LogP contribution in [0.15, 0.2) is 23.7 Å². The van der Waals surface area contributed by atoms with Crippen LogP contribution in [0.3, 0.4) is 0 Å². The van der Waals surface area contributed by atoms with Gasteiger partial charge in [-0.1, -0.05) is 11.6 Å². The first-order valence-electron chi connectivity index (χ1n) is 4.26. The molecule has 0 N–H and O–H groups in total. The van der Waals surface area contributed by atoms with Gasteiger partial charge in [-0.15, -0.1) is 11.3 Å². The lowest BCUT2D eigenvalue weighted by atomic mass is 10.3. The minimum Gasteiger partial charge on any atom is -0.293 e. The van der Waals surface area contributed by atoms with Gasteiger partial charge in [0.2, 0.25) is 0 Å². The summed E-state index contributed by atoms with van der Waals surface area (Å²) in [4.78, 5) is 19.4. The molecule has 3 nitrogen and oxygen atoms in total. The highest BCUT2D eigenvalue weighted by molar-refractivity contribution is 7.13. The molecule has 0 amide bonds. The predicted molar refractivity (Wildman–Crippen MR) is 60.4 cm³/mol. The second-order valence-electron chi connectivity index (χ2n) is 2.93. The summed E-state index contributed by atoms with van der Waals surface area (Å²) in [7, 11) is 0. The van der Waals surface area contributed by atoms with Crippen molar-refractivity contribution in [2.45, 2.75) is 6.92 Å². The van der Waals surface area contributed by atoms with Crippen molar-refractivity contribution < 1.29 is 4.79 Å². The Bertz CT molecular complexity index is 510. The molecule has 2 rings (SSSR count). The smallest absolute Gasteiger partial charge is 0.178 e. The van der Waals surface area contributed by atoms with Gasteiger partial charge in [0.15, 0.2) is 5.78 Å². The highest BCUT2D eigenvalue weighted by Gasteiger charge is 2.11. The summed E-state index contributed by atoms with van der Waals surface area (Å²) < 4.78 is 0. The highest BCUT2D eigenvalue weighted by Crippen LogP contribution is 2.27. The number of aromatic nitrogens is 2. The fraction of sp³-hybridized carbons (Fsp3) is 0.100. The molecule has 5 heteroatoms. The molecule has 0 aliphatic carbocycles. The molecule has 0 aromatic carbocycles. The molecule has 2 heterocycles. The largest absolute Gasteiger partial charge is 0.293 e. The number of hydrogen-bond acceptors (Lipinski definition) is 4. The van der Waals surface area contributed by atoms with Crippen LogP contribution < -0.4 is 0 Å². The molecule has 15 heavy (non-hydrogen) atoms. The maximum absolute atomic E-state index is 11.1. The first kappa shape index (κ1) is 10.3. The van der Waals surface area contributed by atoms with Gasteiger partial charge in [0.05, 0.1) is 5.02 Å². The van der Waals surface area contributed by atoms with Crippen LogP contribution in [-0.4, -0.2) is 15.8 Å². The van der Waals surface area contributed by atoms with Crippen molar-refractivity contribution in [2.75, 3.05) is 0 Å². The number of carbonyl (C=O) groups is 1. The summed E-state index contributed by atoms with van der Waals surface area (Å²) >= 11 is 7.33. The van der Waals surface area contributed by atoms with Crippen LogP contribution in [0.1, 0.15) is 17.4 Å². The Kier molecular flexibility index (Phi) is 2.79. The van der Waals surface area contributed by atoms with Crippen molar-refractivity contribution in [3.05, 3.63) is 34.4 Å². The number of rotatable bonds is 2. The zero-order chi connectivity index (χ0) is 10.8.